The Kier molecular flexibility index (Phi) is 3.13. The third-order valence-electron chi connectivity index (χ3n) is 2.09. The minimum Gasteiger partial charge on any atom is -0.444 e. The molecule has 0 unspecified atom stereocenters. The van der Waals surface area contributed by atoms with Gasteiger partial charge in [0.1, 0.15) is 11.9 Å². The van der Waals surface area contributed by atoms with Gasteiger partial charge in [-0.3, -0.25) is 0 Å². The first-order chi connectivity index (χ1) is 6.40. The van der Waals surface area contributed by atoms with Crippen LogP contribution in [0.15, 0.2) is 0 Å². The lowest BCUT2D eigenvalue weighted by Gasteiger charge is -2.32. The van der Waals surface area contributed by atoms with Crippen molar-refractivity contribution in [3.8, 4) is 0 Å². The lowest BCUT2D eigenvalue weighted by Crippen LogP contribution is -2.46. The van der Waals surface area contributed by atoms with Gasteiger partial charge < -0.3 is 14.8 Å². The van der Waals surface area contributed by atoms with E-state index >= 15 is 0 Å². The Morgan fingerprint density at radius 1 is 1.50 bits per heavy atom. The van der Waals surface area contributed by atoms with E-state index in [0.29, 0.717) is 0 Å². The number of alkyl carbamates (subject to hydrolysis) is 1. The Bertz CT molecular complexity index is 231. The largest absolute Gasteiger partial charge is 0.444 e. The van der Waals surface area contributed by atoms with Crippen molar-refractivity contribution in [1.82, 2.24) is 5.32 Å². The van der Waals surface area contributed by atoms with Crippen molar-refractivity contribution in [1.29, 1.82) is 0 Å². The highest BCUT2D eigenvalue weighted by Crippen LogP contribution is 2.25. The van der Waals surface area contributed by atoms with Crippen LogP contribution in [0.4, 0.5) is 4.79 Å². The maximum absolute atomic E-state index is 11.2. The molecule has 0 aromatic heterocycles. The first kappa shape index (κ1) is 11.0. The van der Waals surface area contributed by atoms with Gasteiger partial charge in [0.15, 0.2) is 0 Å². The maximum Gasteiger partial charge on any atom is 0.407 e. The monoisotopic (exact) mass is 201 g/mol. The molecule has 1 saturated carbocycles. The molecular weight excluding hydrogens is 182 g/mol. The van der Waals surface area contributed by atoms with E-state index < -0.39 is 11.7 Å². The van der Waals surface area contributed by atoms with Crippen molar-refractivity contribution < 1.29 is 15.8 Å². The van der Waals surface area contributed by atoms with Gasteiger partial charge in [-0.25, -0.2) is 4.79 Å². The summed E-state index contributed by atoms with van der Waals surface area (Å²) in [6.45, 7) is 5.46. The lowest BCUT2D eigenvalue weighted by molar-refractivity contribution is -0.113. The van der Waals surface area contributed by atoms with Crippen LogP contribution in [-0.2, 0) is 9.53 Å². The van der Waals surface area contributed by atoms with Crippen molar-refractivity contribution in [2.45, 2.75) is 45.3 Å². The van der Waals surface area contributed by atoms with Gasteiger partial charge in [0.05, 0.1) is 0 Å². The first-order valence-electron chi connectivity index (χ1n) is 4.85. The molecular formula is C10H19NO3. The average molecular weight is 201 g/mol. The van der Waals surface area contributed by atoms with E-state index in [9.17, 15) is 9.59 Å². The highest BCUT2D eigenvalue weighted by atomic mass is 16.6. The molecule has 0 heterocycles. The van der Waals surface area contributed by atoms with E-state index in [2.05, 4.69) is 5.32 Å². The smallest absolute Gasteiger partial charge is 0.407 e. The van der Waals surface area contributed by atoms with Gasteiger partial charge in [0.25, 0.3) is 0 Å². The molecule has 0 aliphatic heterocycles. The zero-order valence-electron chi connectivity index (χ0n) is 8.87. The average Bonchev–Trinajstić information content (AvgIpc) is 1.91. The molecule has 14 heavy (non-hydrogen) atoms. The number of hydrogen-bond donors (Lipinski definition) is 1. The zero-order chi connectivity index (χ0) is 10.8. The minimum atomic E-state index is -0.460. The van der Waals surface area contributed by atoms with Crippen LogP contribution in [0.5, 0.6) is 0 Å². The summed E-state index contributed by atoms with van der Waals surface area (Å²) in [4.78, 5) is 21.5. The molecule has 1 amide bonds. The highest BCUT2D eigenvalue weighted by Gasteiger charge is 2.31. The molecule has 0 radical (unpaired) electrons. The van der Waals surface area contributed by atoms with Crippen LogP contribution in [0.3, 0.4) is 0 Å². The van der Waals surface area contributed by atoms with Crippen LogP contribution in [0.25, 0.3) is 0 Å². The standard InChI is InChI=1S/C10H17NO3.H2/c1-10(2,3)14-9(13)11-8-4-7(5-8)6-12;/h6-8H,4-5H2,1-3H3,(H,11,13);1H. The predicted octanol–water partition coefficient (Wildman–Crippen LogP) is 1.73. The molecule has 1 aliphatic carbocycles. The van der Waals surface area contributed by atoms with Crippen molar-refractivity contribution in [2.24, 2.45) is 5.92 Å². The van der Waals surface area contributed by atoms with Crippen molar-refractivity contribution in [3.63, 3.8) is 0 Å². The van der Waals surface area contributed by atoms with Gasteiger partial charge in [-0.1, -0.05) is 0 Å². The number of carbonyl (C=O) groups is 2. The fourth-order valence-corrected chi connectivity index (χ4v) is 1.37. The number of rotatable bonds is 2. The molecule has 0 saturated heterocycles. The van der Waals surface area contributed by atoms with E-state index in [-0.39, 0.29) is 13.4 Å². The summed E-state index contributed by atoms with van der Waals surface area (Å²) in [6, 6.07) is 0.111. The number of amides is 1. The molecule has 0 aromatic carbocycles. The van der Waals surface area contributed by atoms with Crippen LogP contribution < -0.4 is 5.32 Å². The molecule has 4 nitrogen and oxygen atoms in total. The summed E-state index contributed by atoms with van der Waals surface area (Å²) in [5, 5.41) is 2.72. The van der Waals surface area contributed by atoms with Gasteiger partial charge in [0, 0.05) is 13.4 Å². The number of carbonyl (C=O) groups excluding carboxylic acids is 2. The normalized spacial score (nSPS) is 26.2. The molecule has 4 heteroatoms. The van der Waals surface area contributed by atoms with Gasteiger partial charge in [-0.15, -0.1) is 0 Å². The van der Waals surface area contributed by atoms with E-state index in [0.717, 1.165) is 19.1 Å². The predicted molar refractivity (Wildman–Crippen MR) is 54.1 cm³/mol. The zero-order valence-corrected chi connectivity index (χ0v) is 8.87. The molecule has 0 atom stereocenters. The quantitative estimate of drug-likeness (QED) is 0.692. The van der Waals surface area contributed by atoms with E-state index in [4.69, 9.17) is 4.74 Å². The third kappa shape index (κ3) is 3.36. The Morgan fingerprint density at radius 2 is 2.07 bits per heavy atom. The van der Waals surface area contributed by atoms with Crippen LogP contribution in [0, 0.1) is 5.92 Å². The molecule has 0 spiro atoms. The van der Waals surface area contributed by atoms with E-state index in [1.165, 1.54) is 0 Å². The van der Waals surface area contributed by atoms with Gasteiger partial charge in [-0.2, -0.15) is 0 Å². The number of nitrogens with one attached hydrogen (secondary N) is 1. The SMILES string of the molecule is CC(C)(C)OC(=O)NC1CC(C=O)C1.[HH]. The summed E-state index contributed by atoms with van der Waals surface area (Å²) >= 11 is 0. The number of aldehydes is 1. The van der Waals surface area contributed by atoms with E-state index in [1.807, 2.05) is 20.8 Å². The van der Waals surface area contributed by atoms with Crippen LogP contribution in [0.1, 0.15) is 35.0 Å². The second-order valence-corrected chi connectivity index (χ2v) is 4.71. The van der Waals surface area contributed by atoms with Gasteiger partial charge in [-0.05, 0) is 33.6 Å². The number of hydrogen-bond acceptors (Lipinski definition) is 3. The van der Waals surface area contributed by atoms with Gasteiger partial charge >= 0.3 is 6.09 Å². The summed E-state index contributed by atoms with van der Waals surface area (Å²) in [7, 11) is 0. The topological polar surface area (TPSA) is 55.4 Å². The first-order valence-corrected chi connectivity index (χ1v) is 4.85. The molecule has 1 aliphatic rings. The Labute approximate surface area is 85.5 Å². The minimum absolute atomic E-state index is 0. The van der Waals surface area contributed by atoms with Crippen molar-refractivity contribution in [2.75, 3.05) is 0 Å². The second-order valence-electron chi connectivity index (χ2n) is 4.71. The van der Waals surface area contributed by atoms with Crippen LogP contribution >= 0.6 is 0 Å². The van der Waals surface area contributed by atoms with Crippen molar-refractivity contribution >= 4 is 12.4 Å². The summed E-state index contributed by atoms with van der Waals surface area (Å²) < 4.78 is 5.07. The summed E-state index contributed by atoms with van der Waals surface area (Å²) in [5.41, 5.74) is -0.460. The maximum atomic E-state index is 11.2. The Balaban J connectivity index is 0.00000196. The second kappa shape index (κ2) is 3.98. The Hall–Kier alpha value is -1.06. The summed E-state index contributed by atoms with van der Waals surface area (Å²) in [5.74, 6) is 0.120. The van der Waals surface area contributed by atoms with Gasteiger partial charge in [0.2, 0.25) is 0 Å². The molecule has 1 rings (SSSR count). The number of ether oxygens (including phenoxy) is 1. The molecule has 0 aromatic rings. The molecule has 1 fully saturated rings. The molecule has 1 N–H and O–H groups in total. The summed E-state index contributed by atoms with van der Waals surface area (Å²) in [6.07, 6.45) is 2.02. The molecule has 0 bridgehead atoms. The van der Waals surface area contributed by atoms with Crippen LogP contribution in [0.2, 0.25) is 0 Å². The van der Waals surface area contributed by atoms with Crippen LogP contribution in [-0.4, -0.2) is 24.0 Å². The molecule has 82 valence electrons. The van der Waals surface area contributed by atoms with E-state index in [1.54, 1.807) is 0 Å². The lowest BCUT2D eigenvalue weighted by atomic mass is 9.81. The highest BCUT2D eigenvalue weighted by molar-refractivity contribution is 5.68. The van der Waals surface area contributed by atoms with Crippen molar-refractivity contribution in [3.05, 3.63) is 0 Å². The fraction of sp³-hybridized carbons (Fsp3) is 0.800. The third-order valence-corrected chi connectivity index (χ3v) is 2.09. The fourth-order valence-electron chi connectivity index (χ4n) is 1.37. The Morgan fingerprint density at radius 3 is 2.50 bits per heavy atom.